The van der Waals surface area contributed by atoms with Gasteiger partial charge in [0.2, 0.25) is 0 Å². The van der Waals surface area contributed by atoms with Gasteiger partial charge in [0.1, 0.15) is 5.75 Å². The number of methoxy groups -OCH3 is 1. The summed E-state index contributed by atoms with van der Waals surface area (Å²) in [6.45, 7) is 3.69. The first-order valence-electron chi connectivity index (χ1n) is 10.3. The van der Waals surface area contributed by atoms with Gasteiger partial charge in [0.15, 0.2) is 11.4 Å². The fraction of sp³-hybridized carbons (Fsp3) is 0.652. The first-order chi connectivity index (χ1) is 12.9. The number of fused-ring (bicyclic) bond motifs is 3. The number of ether oxygens (including phenoxy) is 2. The molecule has 0 spiro atoms. The maximum atomic E-state index is 13.2. The molecule has 1 aromatic rings. The Hall–Kier alpha value is -1.84. The summed E-state index contributed by atoms with van der Waals surface area (Å²) in [5.74, 6) is 1.79. The van der Waals surface area contributed by atoms with Gasteiger partial charge >= 0.3 is 5.97 Å². The van der Waals surface area contributed by atoms with Crippen LogP contribution < -0.4 is 4.74 Å². The molecule has 0 aromatic heterocycles. The van der Waals surface area contributed by atoms with Crippen LogP contribution in [0.4, 0.5) is 0 Å². The normalized spacial score (nSPS) is 41.5. The Kier molecular flexibility index (Phi) is 3.43. The van der Waals surface area contributed by atoms with Gasteiger partial charge in [-0.2, -0.15) is 0 Å². The third-order valence-electron chi connectivity index (χ3n) is 8.78. The van der Waals surface area contributed by atoms with Crippen LogP contribution >= 0.6 is 0 Å². The van der Waals surface area contributed by atoms with E-state index in [9.17, 15) is 9.59 Å². The summed E-state index contributed by atoms with van der Waals surface area (Å²) in [6.07, 6.45) is 6.49. The van der Waals surface area contributed by atoms with Gasteiger partial charge < -0.3 is 9.47 Å². The van der Waals surface area contributed by atoms with E-state index >= 15 is 0 Å². The Morgan fingerprint density at radius 2 is 2.00 bits per heavy atom. The zero-order valence-electron chi connectivity index (χ0n) is 16.5. The van der Waals surface area contributed by atoms with E-state index in [1.807, 2.05) is 0 Å². The van der Waals surface area contributed by atoms with Crippen LogP contribution in [0.25, 0.3) is 0 Å². The highest BCUT2D eigenvalue weighted by Gasteiger charge is 2.79. The number of rotatable bonds is 2. The standard InChI is InChI=1S/C23H28O4/c1-14(24)27-23-11-10-22(13-20(23)25)19-7-4-15-12-16(26-3)5-6-17(15)18(19)8-9-21(22,23)2/h5-6,12,18-19H,4,7-11,13H2,1-3H3/t18-,19-,21+,22+,23-/m1/s1. The molecule has 0 heterocycles. The van der Waals surface area contributed by atoms with E-state index in [0.717, 1.165) is 37.9 Å². The number of hydrogen-bond acceptors (Lipinski definition) is 4. The predicted molar refractivity (Wildman–Crippen MR) is 101 cm³/mol. The zero-order chi connectivity index (χ0) is 19.0. The van der Waals surface area contributed by atoms with E-state index in [4.69, 9.17) is 9.47 Å². The highest BCUT2D eigenvalue weighted by Crippen LogP contribution is 2.77. The second-order valence-electron chi connectivity index (χ2n) is 9.36. The summed E-state index contributed by atoms with van der Waals surface area (Å²) < 4.78 is 11.3. The van der Waals surface area contributed by atoms with Crippen molar-refractivity contribution in [1.29, 1.82) is 0 Å². The number of carbonyl (C=O) groups excluding carboxylic acids is 2. The van der Waals surface area contributed by atoms with Gasteiger partial charge in [-0.25, -0.2) is 0 Å². The van der Waals surface area contributed by atoms with E-state index in [-0.39, 0.29) is 22.6 Å². The topological polar surface area (TPSA) is 52.6 Å². The van der Waals surface area contributed by atoms with Crippen LogP contribution in [0.3, 0.4) is 0 Å². The monoisotopic (exact) mass is 368 g/mol. The molecule has 144 valence electrons. The summed E-state index contributed by atoms with van der Waals surface area (Å²) >= 11 is 0. The lowest BCUT2D eigenvalue weighted by molar-refractivity contribution is -0.178. The lowest BCUT2D eigenvalue weighted by atomic mass is 9.48. The van der Waals surface area contributed by atoms with Crippen LogP contribution in [-0.2, 0) is 20.7 Å². The van der Waals surface area contributed by atoms with Crippen molar-refractivity contribution in [3.8, 4) is 5.75 Å². The zero-order valence-corrected chi connectivity index (χ0v) is 16.5. The molecule has 0 amide bonds. The quantitative estimate of drug-likeness (QED) is 0.734. The molecular weight excluding hydrogens is 340 g/mol. The van der Waals surface area contributed by atoms with Gasteiger partial charge in [-0.05, 0) is 79.0 Å². The highest BCUT2D eigenvalue weighted by atomic mass is 16.6. The van der Waals surface area contributed by atoms with Crippen LogP contribution in [0, 0.1) is 16.7 Å². The molecule has 5 rings (SSSR count). The Balaban J connectivity index is 1.58. The Morgan fingerprint density at radius 1 is 1.19 bits per heavy atom. The minimum absolute atomic E-state index is 0.0138. The van der Waals surface area contributed by atoms with Gasteiger partial charge in [0, 0.05) is 18.8 Å². The number of esters is 1. The third kappa shape index (κ3) is 1.89. The number of Topliss-reactive ketones (excluding diaryl/α,β-unsaturated/α-hetero) is 1. The molecule has 4 nitrogen and oxygen atoms in total. The molecule has 27 heavy (non-hydrogen) atoms. The molecule has 0 N–H and O–H groups in total. The molecule has 1 aromatic carbocycles. The number of hydrogen-bond donors (Lipinski definition) is 0. The Labute approximate surface area is 160 Å². The summed E-state index contributed by atoms with van der Waals surface area (Å²) in [4.78, 5) is 25.0. The summed E-state index contributed by atoms with van der Waals surface area (Å²) in [5, 5.41) is 0. The van der Waals surface area contributed by atoms with Crippen LogP contribution in [0.15, 0.2) is 18.2 Å². The first kappa shape index (κ1) is 17.3. The van der Waals surface area contributed by atoms with Gasteiger partial charge in [-0.15, -0.1) is 0 Å². The maximum absolute atomic E-state index is 13.2. The van der Waals surface area contributed by atoms with Crippen molar-refractivity contribution >= 4 is 11.8 Å². The lowest BCUT2D eigenvalue weighted by Crippen LogP contribution is -2.54. The maximum Gasteiger partial charge on any atom is 0.303 e. The van der Waals surface area contributed by atoms with Gasteiger partial charge in [0.05, 0.1) is 7.11 Å². The minimum Gasteiger partial charge on any atom is -0.497 e. The third-order valence-corrected chi connectivity index (χ3v) is 8.78. The summed E-state index contributed by atoms with van der Waals surface area (Å²) in [5.41, 5.74) is 1.76. The first-order valence-corrected chi connectivity index (χ1v) is 10.3. The van der Waals surface area contributed by atoms with Gasteiger partial charge in [0.25, 0.3) is 0 Å². The molecular formula is C23H28O4. The van der Waals surface area contributed by atoms with E-state index < -0.39 is 5.60 Å². The molecule has 0 unspecified atom stereocenters. The summed E-state index contributed by atoms with van der Waals surface area (Å²) in [6, 6.07) is 6.51. The lowest BCUT2D eigenvalue weighted by Gasteiger charge is -2.56. The number of benzene rings is 1. The van der Waals surface area contributed by atoms with Crippen LogP contribution in [0.1, 0.15) is 69.4 Å². The molecule has 2 bridgehead atoms. The van der Waals surface area contributed by atoms with Crippen molar-refractivity contribution in [3.05, 3.63) is 29.3 Å². The number of carbonyl (C=O) groups is 2. The Bertz CT molecular complexity index is 845. The van der Waals surface area contributed by atoms with Crippen molar-refractivity contribution in [2.75, 3.05) is 7.11 Å². The smallest absolute Gasteiger partial charge is 0.303 e. The molecule has 0 saturated heterocycles. The van der Waals surface area contributed by atoms with Crippen molar-refractivity contribution < 1.29 is 19.1 Å². The van der Waals surface area contributed by atoms with Gasteiger partial charge in [-0.1, -0.05) is 13.0 Å². The molecule has 0 aliphatic heterocycles. The molecule has 5 atom stereocenters. The minimum atomic E-state index is -0.871. The van der Waals surface area contributed by atoms with E-state index in [1.54, 1.807) is 7.11 Å². The number of aryl methyl sites for hydroxylation is 1. The van der Waals surface area contributed by atoms with E-state index in [2.05, 4.69) is 25.1 Å². The second kappa shape index (κ2) is 5.36. The fourth-order valence-corrected chi connectivity index (χ4v) is 7.63. The molecule has 4 aliphatic rings. The Morgan fingerprint density at radius 3 is 2.70 bits per heavy atom. The van der Waals surface area contributed by atoms with Crippen LogP contribution in [0.5, 0.6) is 5.75 Å². The average Bonchev–Trinajstić information content (AvgIpc) is 3.00. The van der Waals surface area contributed by atoms with Crippen molar-refractivity contribution in [1.82, 2.24) is 0 Å². The van der Waals surface area contributed by atoms with E-state index in [0.29, 0.717) is 24.7 Å². The molecule has 4 heteroatoms. The average molecular weight is 368 g/mol. The van der Waals surface area contributed by atoms with E-state index in [1.165, 1.54) is 18.1 Å². The number of ketones is 1. The van der Waals surface area contributed by atoms with Crippen molar-refractivity contribution in [3.63, 3.8) is 0 Å². The van der Waals surface area contributed by atoms with Crippen LogP contribution in [0.2, 0.25) is 0 Å². The highest BCUT2D eigenvalue weighted by molar-refractivity contribution is 5.95. The van der Waals surface area contributed by atoms with Crippen LogP contribution in [-0.4, -0.2) is 24.5 Å². The SMILES string of the molecule is COc1ccc2c(c1)CC[C@@H]1[C@@H]2CC[C@@]2(C)[C@]13CC[C@@]2(OC(C)=O)C(=O)C3. The molecule has 3 fully saturated rings. The molecule has 4 aliphatic carbocycles. The summed E-state index contributed by atoms with van der Waals surface area (Å²) in [7, 11) is 1.72. The largest absolute Gasteiger partial charge is 0.497 e. The molecule has 3 saturated carbocycles. The van der Waals surface area contributed by atoms with Crippen molar-refractivity contribution in [2.24, 2.45) is 16.7 Å². The predicted octanol–water partition coefficient (Wildman–Crippen LogP) is 4.20. The fourth-order valence-electron chi connectivity index (χ4n) is 7.63. The van der Waals surface area contributed by atoms with Gasteiger partial charge in [-0.3, -0.25) is 9.59 Å². The second-order valence-corrected chi connectivity index (χ2v) is 9.36. The molecule has 0 radical (unpaired) electrons. The van der Waals surface area contributed by atoms with Crippen molar-refractivity contribution in [2.45, 2.75) is 70.3 Å².